The van der Waals surface area contributed by atoms with Crippen LogP contribution in [-0.4, -0.2) is 37.3 Å². The number of anilines is 1. The predicted octanol–water partition coefficient (Wildman–Crippen LogP) is 2.66. The molecule has 22 heavy (non-hydrogen) atoms. The molecule has 1 aromatic heterocycles. The lowest BCUT2D eigenvalue weighted by Crippen LogP contribution is -2.28. The van der Waals surface area contributed by atoms with E-state index < -0.39 is 12.8 Å². The normalized spacial score (nSPS) is 11.7. The molecule has 0 aliphatic carbocycles. The molecule has 1 unspecified atom stereocenters. The summed E-state index contributed by atoms with van der Waals surface area (Å²) in [5.41, 5.74) is 0.400. The summed E-state index contributed by atoms with van der Waals surface area (Å²) in [7, 11) is 1.73. The van der Waals surface area contributed by atoms with Crippen molar-refractivity contribution in [3.8, 4) is 5.88 Å². The van der Waals surface area contributed by atoms with Crippen molar-refractivity contribution in [2.45, 2.75) is 13.1 Å². The number of rotatable bonds is 6. The van der Waals surface area contributed by atoms with Gasteiger partial charge in [0.2, 0.25) is 11.8 Å². The molecule has 1 aromatic rings. The second-order valence-corrected chi connectivity index (χ2v) is 4.24. The number of pyridine rings is 1. The van der Waals surface area contributed by atoms with Crippen molar-refractivity contribution in [3.05, 3.63) is 18.3 Å². The zero-order valence-corrected chi connectivity index (χ0v) is 13.6. The molecule has 2 N–H and O–H groups in total. The van der Waals surface area contributed by atoms with Gasteiger partial charge in [-0.15, -0.1) is 24.8 Å². The first-order chi connectivity index (χ1) is 9.31. The van der Waals surface area contributed by atoms with Crippen molar-refractivity contribution in [3.63, 3.8) is 0 Å². The summed E-state index contributed by atoms with van der Waals surface area (Å²) in [6.45, 7) is 0.872. The fourth-order valence-electron chi connectivity index (χ4n) is 1.36. The molecular weight excluding hydrogens is 346 g/mol. The van der Waals surface area contributed by atoms with Gasteiger partial charge in [0.05, 0.1) is 11.9 Å². The summed E-state index contributed by atoms with van der Waals surface area (Å²) in [6.07, 6.45) is -3.16. The Balaban J connectivity index is 0. The monoisotopic (exact) mass is 363 g/mol. The van der Waals surface area contributed by atoms with E-state index in [-0.39, 0.29) is 42.5 Å². The van der Waals surface area contributed by atoms with Crippen LogP contribution in [-0.2, 0) is 4.79 Å². The minimum absolute atomic E-state index is 0. The summed E-state index contributed by atoms with van der Waals surface area (Å²) in [5.74, 6) is -0.588. The van der Waals surface area contributed by atoms with Gasteiger partial charge in [-0.1, -0.05) is 6.92 Å². The number of carbonyl (C=O) groups is 1. The molecule has 0 fully saturated rings. The number of hydrogen-bond acceptors (Lipinski definition) is 4. The smallest absolute Gasteiger partial charge is 0.422 e. The Morgan fingerprint density at radius 3 is 2.45 bits per heavy atom. The largest absolute Gasteiger partial charge is 0.468 e. The summed E-state index contributed by atoms with van der Waals surface area (Å²) < 4.78 is 40.3. The van der Waals surface area contributed by atoms with Crippen LogP contribution in [0.15, 0.2) is 18.3 Å². The molecule has 1 amide bonds. The topological polar surface area (TPSA) is 63.2 Å². The summed E-state index contributed by atoms with van der Waals surface area (Å²) in [6, 6.07) is 2.70. The van der Waals surface area contributed by atoms with E-state index in [0.29, 0.717) is 12.2 Å². The van der Waals surface area contributed by atoms with E-state index in [1.165, 1.54) is 18.3 Å². The average Bonchev–Trinajstić information content (AvgIpc) is 2.37. The van der Waals surface area contributed by atoms with Crippen molar-refractivity contribution in [2.24, 2.45) is 5.92 Å². The molecule has 1 heterocycles. The minimum Gasteiger partial charge on any atom is -0.468 e. The molecule has 1 atom stereocenters. The molecule has 0 saturated heterocycles. The van der Waals surface area contributed by atoms with E-state index in [9.17, 15) is 18.0 Å². The number of aromatic nitrogens is 1. The number of carbonyl (C=O) groups excluding carboxylic acids is 1. The fourth-order valence-corrected chi connectivity index (χ4v) is 1.36. The third kappa shape index (κ3) is 8.91. The molecule has 10 heteroatoms. The molecule has 0 bridgehead atoms. The Kier molecular flexibility index (Phi) is 11.0. The van der Waals surface area contributed by atoms with Gasteiger partial charge < -0.3 is 15.4 Å². The van der Waals surface area contributed by atoms with Gasteiger partial charge in [-0.3, -0.25) is 4.79 Å². The average molecular weight is 364 g/mol. The first-order valence-corrected chi connectivity index (χ1v) is 5.93. The minimum atomic E-state index is -4.41. The van der Waals surface area contributed by atoms with E-state index in [4.69, 9.17) is 0 Å². The van der Waals surface area contributed by atoms with Gasteiger partial charge in [-0.25, -0.2) is 4.98 Å². The van der Waals surface area contributed by atoms with Crippen LogP contribution < -0.4 is 15.4 Å². The Morgan fingerprint density at radius 2 is 2.00 bits per heavy atom. The van der Waals surface area contributed by atoms with E-state index in [2.05, 4.69) is 20.4 Å². The van der Waals surface area contributed by atoms with Crippen molar-refractivity contribution in [2.75, 3.05) is 25.5 Å². The van der Waals surface area contributed by atoms with E-state index in [1.54, 1.807) is 14.0 Å². The number of hydrogen-bond donors (Lipinski definition) is 2. The van der Waals surface area contributed by atoms with Crippen LogP contribution in [0.4, 0.5) is 18.9 Å². The maximum absolute atomic E-state index is 11.9. The quantitative estimate of drug-likeness (QED) is 0.815. The predicted molar refractivity (Wildman–Crippen MR) is 82.0 cm³/mol. The lowest BCUT2D eigenvalue weighted by molar-refractivity contribution is -0.154. The number of halogens is 5. The van der Waals surface area contributed by atoms with Crippen LogP contribution in [0.5, 0.6) is 5.88 Å². The van der Waals surface area contributed by atoms with Gasteiger partial charge in [0.1, 0.15) is 0 Å². The first kappa shape index (κ1) is 23.0. The third-order valence-electron chi connectivity index (χ3n) is 2.35. The molecule has 0 radical (unpaired) electrons. The third-order valence-corrected chi connectivity index (χ3v) is 2.35. The molecular formula is C12H18Cl2F3N3O2. The number of alkyl halides is 3. The molecule has 0 aromatic carbocycles. The highest BCUT2D eigenvalue weighted by Gasteiger charge is 2.28. The lowest BCUT2D eigenvalue weighted by atomic mass is 10.1. The highest BCUT2D eigenvalue weighted by atomic mass is 35.5. The van der Waals surface area contributed by atoms with Gasteiger partial charge in [0.15, 0.2) is 6.61 Å². The zero-order chi connectivity index (χ0) is 15.2. The molecule has 5 nitrogen and oxygen atoms in total. The Morgan fingerprint density at radius 1 is 1.36 bits per heavy atom. The Labute approximate surface area is 138 Å². The van der Waals surface area contributed by atoms with Crippen molar-refractivity contribution >= 4 is 36.4 Å². The standard InChI is InChI=1S/C12H16F3N3O2.2ClH/c1-8(5-16-2)11(19)18-9-3-4-10(17-6-9)20-7-12(13,14)15;;/h3-4,6,8,16H,5,7H2,1-2H3,(H,18,19);2*1H. The highest BCUT2D eigenvalue weighted by molar-refractivity contribution is 5.92. The summed E-state index contributed by atoms with van der Waals surface area (Å²) >= 11 is 0. The SMILES string of the molecule is CNCC(C)C(=O)Nc1ccc(OCC(F)(F)F)nc1.Cl.Cl. The fraction of sp³-hybridized carbons (Fsp3) is 0.500. The second-order valence-electron chi connectivity index (χ2n) is 4.24. The van der Waals surface area contributed by atoms with Gasteiger partial charge in [0, 0.05) is 18.5 Å². The Bertz CT molecular complexity index is 444. The molecule has 0 aliphatic rings. The summed E-state index contributed by atoms with van der Waals surface area (Å²) in [4.78, 5) is 15.4. The number of nitrogens with one attached hydrogen (secondary N) is 2. The maximum Gasteiger partial charge on any atom is 0.422 e. The van der Waals surface area contributed by atoms with Gasteiger partial charge in [-0.05, 0) is 13.1 Å². The number of nitrogens with zero attached hydrogens (tertiary/aromatic N) is 1. The zero-order valence-electron chi connectivity index (χ0n) is 11.9. The van der Waals surface area contributed by atoms with Crippen LogP contribution in [0.2, 0.25) is 0 Å². The van der Waals surface area contributed by atoms with E-state index in [0.717, 1.165) is 0 Å². The van der Waals surface area contributed by atoms with Crippen LogP contribution in [0.25, 0.3) is 0 Å². The summed E-state index contributed by atoms with van der Waals surface area (Å²) in [5, 5.41) is 5.48. The van der Waals surface area contributed by atoms with E-state index in [1.807, 2.05) is 0 Å². The molecule has 1 rings (SSSR count). The maximum atomic E-state index is 11.9. The van der Waals surface area contributed by atoms with E-state index >= 15 is 0 Å². The van der Waals surface area contributed by atoms with Crippen molar-refractivity contribution in [1.82, 2.24) is 10.3 Å². The van der Waals surface area contributed by atoms with Crippen molar-refractivity contribution in [1.29, 1.82) is 0 Å². The van der Waals surface area contributed by atoms with Crippen LogP contribution in [0, 0.1) is 5.92 Å². The first-order valence-electron chi connectivity index (χ1n) is 5.93. The van der Waals surface area contributed by atoms with Gasteiger partial charge in [0.25, 0.3) is 0 Å². The van der Waals surface area contributed by atoms with Crippen LogP contribution in [0.3, 0.4) is 0 Å². The lowest BCUT2D eigenvalue weighted by Gasteiger charge is -2.12. The van der Waals surface area contributed by atoms with Gasteiger partial charge in [-0.2, -0.15) is 13.2 Å². The van der Waals surface area contributed by atoms with Crippen LogP contribution >= 0.6 is 24.8 Å². The Hall–Kier alpha value is -1.25. The second kappa shape index (κ2) is 10.5. The van der Waals surface area contributed by atoms with Crippen LogP contribution in [0.1, 0.15) is 6.92 Å². The molecule has 128 valence electrons. The highest BCUT2D eigenvalue weighted by Crippen LogP contribution is 2.18. The number of amides is 1. The van der Waals surface area contributed by atoms with Crippen molar-refractivity contribution < 1.29 is 22.7 Å². The molecule has 0 spiro atoms. The van der Waals surface area contributed by atoms with Gasteiger partial charge >= 0.3 is 6.18 Å². The molecule has 0 saturated carbocycles. The molecule has 0 aliphatic heterocycles. The number of ether oxygens (including phenoxy) is 1.